The normalized spacial score (nSPS) is 35.3. The predicted octanol–water partition coefficient (Wildman–Crippen LogP) is -13.2. The molecule has 82 heavy (non-hydrogen) atoms. The first-order valence-corrected chi connectivity index (χ1v) is 26.3. The van der Waals surface area contributed by atoms with Crippen molar-refractivity contribution < 1.29 is 153 Å². The number of hydrogen-bond acceptors (Lipinski definition) is 32. The van der Waals surface area contributed by atoms with Gasteiger partial charge in [-0.3, -0.25) is 28.9 Å². The molecule has 5 aliphatic heterocycles. The highest BCUT2D eigenvalue weighted by Crippen LogP contribution is 2.26. The predicted molar refractivity (Wildman–Crippen MR) is 258 cm³/mol. The average Bonchev–Trinajstić information content (AvgIpc) is 3.85. The number of nitrogens with one attached hydrogen (secondary N) is 3. The minimum Gasteiger partial charge on any atom is -0.394 e. The Morgan fingerprint density at radius 3 is 1.10 bits per heavy atom. The van der Waals surface area contributed by atoms with E-state index < -0.39 is 243 Å². The summed E-state index contributed by atoms with van der Waals surface area (Å²) in [6.45, 7) is -8.71. The number of carbonyl (C=O) groups excluding carboxylic acids is 6. The van der Waals surface area contributed by atoms with Crippen molar-refractivity contribution in [3.63, 3.8) is 0 Å². The molecule has 0 aliphatic carbocycles. The Hall–Kier alpha value is -3.98. The molecule has 20 atom stereocenters. The molecule has 5 heterocycles. The first-order chi connectivity index (χ1) is 38.9. The maximum atomic E-state index is 14.0. The van der Waals surface area contributed by atoms with Gasteiger partial charge in [0.05, 0.1) is 84.6 Å². The second kappa shape index (κ2) is 33.1. The summed E-state index contributed by atoms with van der Waals surface area (Å²) in [6.07, 6.45) is -34.9. The lowest BCUT2D eigenvalue weighted by Gasteiger charge is -2.41. The Bertz CT molecular complexity index is 1840. The third-order valence-electron chi connectivity index (χ3n) is 13.7. The second-order valence-electron chi connectivity index (χ2n) is 20.0. The monoisotopic (exact) mass is 1200 g/mol. The van der Waals surface area contributed by atoms with E-state index in [1.54, 1.807) is 0 Å². The molecule has 0 saturated carbocycles. The van der Waals surface area contributed by atoms with Gasteiger partial charge in [0, 0.05) is 25.8 Å². The molecule has 0 unspecified atom stereocenters. The maximum absolute atomic E-state index is 14.0. The quantitative estimate of drug-likeness (QED) is 0.0226. The molecule has 5 rings (SSSR count). The van der Waals surface area contributed by atoms with Crippen LogP contribution in [0, 0.1) is 0 Å². The van der Waals surface area contributed by atoms with Crippen LogP contribution in [0.3, 0.4) is 0 Å². The molecule has 36 nitrogen and oxygen atoms in total. The van der Waals surface area contributed by atoms with Crippen molar-refractivity contribution in [2.45, 2.75) is 173 Å². The number of amides is 5. The summed E-state index contributed by atoms with van der Waals surface area (Å²) >= 11 is 0. The van der Waals surface area contributed by atoms with Crippen LogP contribution in [-0.4, -0.2) is 341 Å². The first-order valence-electron chi connectivity index (χ1n) is 26.3. The van der Waals surface area contributed by atoms with Crippen molar-refractivity contribution in [3.05, 3.63) is 0 Å². The number of carbonyl (C=O) groups is 6. The summed E-state index contributed by atoms with van der Waals surface area (Å²) in [5.74, 6) is -4.98. The Labute approximate surface area is 466 Å². The molecular formula is C46H77N5O31. The number of rotatable bonds is 31. The molecule has 5 saturated heterocycles. The summed E-state index contributed by atoms with van der Waals surface area (Å²) in [7, 11) is 0. The van der Waals surface area contributed by atoms with Gasteiger partial charge in [-0.15, -0.1) is 5.06 Å². The number of imide groups is 1. The van der Waals surface area contributed by atoms with Crippen molar-refractivity contribution in [2.24, 2.45) is 0 Å². The fourth-order valence-corrected chi connectivity index (χ4v) is 8.91. The number of nitrogens with zero attached hydrogens (tertiary/aromatic N) is 2. The van der Waals surface area contributed by atoms with E-state index in [0.717, 1.165) is 4.90 Å². The summed E-state index contributed by atoms with van der Waals surface area (Å²) in [6, 6.07) is -2.84. The van der Waals surface area contributed by atoms with E-state index >= 15 is 0 Å². The van der Waals surface area contributed by atoms with Gasteiger partial charge in [-0.1, -0.05) is 6.42 Å². The van der Waals surface area contributed by atoms with Crippen LogP contribution in [0.25, 0.3) is 0 Å². The standard InChI is InChI=1S/C46H77N5O31/c52-11-21-31(62)35(66)39(70)43(78-21)74-15-19(16-75-44-40(71)36(67)32(63)22(12-53)79-44)48-26(57)9-50(8-25(56)47-7-3-1-2-4-30(61)82-51-28(59)5-6-29(51)60)10-27(58)49-20(17-76-45-41(72)37(68)33(64)23(13-54)80-45)18-77-46-42(73)38(69)34(65)24(14-55)81-46/h19-24,31-46,52-55,62-73H,1-18H2,(H,47,56)(H,48,57)(H,49,58)/t21-,22-,23-,24-,31-,32-,33-,34-,35+,36+,37+,38+,39+,40+,41+,42+,43+,44+,45+,46+/m1/s1. The highest BCUT2D eigenvalue weighted by atomic mass is 16.7. The molecule has 19 N–H and O–H groups in total. The van der Waals surface area contributed by atoms with E-state index in [4.69, 9.17) is 42.7 Å². The average molecular weight is 1200 g/mol. The summed E-state index contributed by atoms with van der Waals surface area (Å²) in [4.78, 5) is 83.1. The summed E-state index contributed by atoms with van der Waals surface area (Å²) < 4.78 is 44.0. The number of hydroxylamine groups is 2. The van der Waals surface area contributed by atoms with Crippen LogP contribution in [0.1, 0.15) is 38.5 Å². The third kappa shape index (κ3) is 19.0. The van der Waals surface area contributed by atoms with Crippen LogP contribution in [0.15, 0.2) is 0 Å². The maximum Gasteiger partial charge on any atom is 0.333 e. The minimum atomic E-state index is -1.93. The Kier molecular flexibility index (Phi) is 27.7. The van der Waals surface area contributed by atoms with Crippen molar-refractivity contribution in [3.8, 4) is 0 Å². The number of unbranched alkanes of at least 4 members (excludes halogenated alkanes) is 2. The molecule has 0 aromatic carbocycles. The molecule has 0 aromatic heterocycles. The Morgan fingerprint density at radius 2 is 0.780 bits per heavy atom. The van der Waals surface area contributed by atoms with Gasteiger partial charge in [-0.05, 0) is 12.8 Å². The zero-order chi connectivity index (χ0) is 60.5. The first kappa shape index (κ1) is 68.8. The van der Waals surface area contributed by atoms with Crippen LogP contribution >= 0.6 is 0 Å². The smallest absolute Gasteiger partial charge is 0.333 e. The van der Waals surface area contributed by atoms with Crippen LogP contribution in [0.2, 0.25) is 0 Å². The highest BCUT2D eigenvalue weighted by Gasteiger charge is 2.48. The molecule has 5 aliphatic rings. The zero-order valence-electron chi connectivity index (χ0n) is 44.1. The topological polar surface area (TPSA) is 552 Å². The van der Waals surface area contributed by atoms with Crippen molar-refractivity contribution in [1.82, 2.24) is 25.9 Å². The van der Waals surface area contributed by atoms with Crippen molar-refractivity contribution in [1.29, 1.82) is 0 Å². The largest absolute Gasteiger partial charge is 0.394 e. The van der Waals surface area contributed by atoms with Gasteiger partial charge < -0.3 is 140 Å². The summed E-state index contributed by atoms with van der Waals surface area (Å²) in [5.41, 5.74) is 0. The van der Waals surface area contributed by atoms with Crippen LogP contribution in [-0.2, 0) is 71.5 Å². The van der Waals surface area contributed by atoms with Gasteiger partial charge >= 0.3 is 5.97 Å². The van der Waals surface area contributed by atoms with Gasteiger partial charge in [0.25, 0.3) is 11.8 Å². The van der Waals surface area contributed by atoms with Crippen LogP contribution in [0.5, 0.6) is 0 Å². The molecule has 0 radical (unpaired) electrons. The van der Waals surface area contributed by atoms with Gasteiger partial charge in [0.15, 0.2) is 25.2 Å². The van der Waals surface area contributed by atoms with Crippen LogP contribution < -0.4 is 16.0 Å². The molecule has 0 aromatic rings. The van der Waals surface area contributed by atoms with E-state index in [0.29, 0.717) is 11.5 Å². The number of hydrogen-bond donors (Lipinski definition) is 19. The minimum absolute atomic E-state index is 0.0253. The van der Waals surface area contributed by atoms with Gasteiger partial charge in [-0.2, -0.15) is 0 Å². The van der Waals surface area contributed by atoms with E-state index in [1.165, 1.54) is 0 Å². The van der Waals surface area contributed by atoms with Gasteiger partial charge in [0.1, 0.15) is 97.7 Å². The SMILES string of the molecule is O=C(CN(CC(=O)NC(CO[C@H]1O[C@H](CO)[C@@H](O)[C@H](O)[C@@H]1O)CO[C@H]1O[C@H](CO)[C@@H](O)[C@H](O)[C@@H]1O)CC(=O)NC(CO[C@H]1O[C@H](CO)[C@@H](O)[C@H](O)[C@@H]1O)CO[C@H]1O[C@H](CO)[C@@H](O)[C@H](O)[C@@H]1O)NCCCCCC(=O)ON1C(=O)CCC1=O. The Morgan fingerprint density at radius 1 is 0.463 bits per heavy atom. The molecule has 0 bridgehead atoms. The molecule has 0 spiro atoms. The zero-order valence-corrected chi connectivity index (χ0v) is 44.1. The lowest BCUT2D eigenvalue weighted by molar-refractivity contribution is -0.309. The molecule has 5 amide bonds. The van der Waals surface area contributed by atoms with Gasteiger partial charge in [0.2, 0.25) is 17.7 Å². The molecular weight excluding hydrogens is 1120 g/mol. The van der Waals surface area contributed by atoms with Crippen molar-refractivity contribution >= 4 is 35.5 Å². The van der Waals surface area contributed by atoms with Crippen molar-refractivity contribution in [2.75, 3.05) is 79.0 Å². The lowest BCUT2D eigenvalue weighted by Crippen LogP contribution is -2.60. The molecule has 36 heteroatoms. The number of aliphatic hydroxyl groups is 16. The van der Waals surface area contributed by atoms with E-state index in [2.05, 4.69) is 16.0 Å². The van der Waals surface area contributed by atoms with E-state index in [-0.39, 0.29) is 38.6 Å². The second-order valence-corrected chi connectivity index (χ2v) is 20.0. The van der Waals surface area contributed by atoms with Crippen LogP contribution in [0.4, 0.5) is 0 Å². The number of aliphatic hydroxyl groups excluding tert-OH is 16. The fraction of sp³-hybridized carbons (Fsp3) is 0.870. The lowest BCUT2D eigenvalue weighted by atomic mass is 9.99. The fourth-order valence-electron chi connectivity index (χ4n) is 8.91. The van der Waals surface area contributed by atoms with E-state index in [1.807, 2.05) is 0 Å². The summed E-state index contributed by atoms with van der Waals surface area (Å²) in [5, 5.41) is 172. The van der Waals surface area contributed by atoms with E-state index in [9.17, 15) is 110 Å². The molecule has 5 fully saturated rings. The number of ether oxygens (including phenoxy) is 8. The Balaban J connectivity index is 1.32. The van der Waals surface area contributed by atoms with Gasteiger partial charge in [-0.25, -0.2) is 4.79 Å². The highest BCUT2D eigenvalue weighted by molar-refractivity contribution is 6.01. The third-order valence-corrected chi connectivity index (χ3v) is 13.7. The molecule has 472 valence electrons.